The van der Waals surface area contributed by atoms with E-state index in [0.717, 1.165) is 12.8 Å². The SMILES string of the molecule is CC=CC=C(C)CCCCCCCCCCCCCCCCF. The normalized spacial score (nSPS) is 12.4. The van der Waals surface area contributed by atoms with Gasteiger partial charge in [-0.2, -0.15) is 0 Å². The summed E-state index contributed by atoms with van der Waals surface area (Å²) in [6, 6.07) is 0. The summed E-state index contributed by atoms with van der Waals surface area (Å²) in [5.41, 5.74) is 1.51. The smallest absolute Gasteiger partial charge is 0.0894 e. The molecule has 0 aromatic heterocycles. The van der Waals surface area contributed by atoms with Crippen LogP contribution in [-0.2, 0) is 0 Å². The molecule has 0 aliphatic carbocycles. The van der Waals surface area contributed by atoms with Gasteiger partial charge in [-0.15, -0.1) is 0 Å². The van der Waals surface area contributed by atoms with E-state index in [9.17, 15) is 4.39 Å². The highest BCUT2D eigenvalue weighted by atomic mass is 19.1. The van der Waals surface area contributed by atoms with Gasteiger partial charge in [0.15, 0.2) is 0 Å². The predicted octanol–water partition coefficient (Wildman–Crippen LogP) is 8.33. The maximum atomic E-state index is 11.9. The maximum Gasteiger partial charge on any atom is 0.0894 e. The van der Waals surface area contributed by atoms with Gasteiger partial charge < -0.3 is 0 Å². The Bertz CT molecular complexity index is 278. The number of unbranched alkanes of at least 4 members (excludes halogenated alkanes) is 13. The predicted molar refractivity (Wildman–Crippen MR) is 104 cm³/mol. The van der Waals surface area contributed by atoms with E-state index >= 15 is 0 Å². The molecule has 0 N–H and O–H groups in total. The van der Waals surface area contributed by atoms with Crippen molar-refractivity contribution in [2.75, 3.05) is 6.67 Å². The van der Waals surface area contributed by atoms with Crippen LogP contribution in [0.4, 0.5) is 4.39 Å². The zero-order chi connectivity index (χ0) is 17.0. The first-order valence-electron chi connectivity index (χ1n) is 10.2. The van der Waals surface area contributed by atoms with Crippen LogP contribution in [0, 0.1) is 0 Å². The van der Waals surface area contributed by atoms with Gasteiger partial charge in [-0.3, -0.25) is 4.39 Å². The lowest BCUT2D eigenvalue weighted by atomic mass is 10.0. The van der Waals surface area contributed by atoms with Crippen LogP contribution in [0.15, 0.2) is 23.8 Å². The molecule has 0 radical (unpaired) electrons. The summed E-state index contributed by atoms with van der Waals surface area (Å²) in [6.45, 7) is 4.17. The summed E-state index contributed by atoms with van der Waals surface area (Å²) in [5.74, 6) is 0. The molecule has 1 heteroatoms. The number of rotatable bonds is 17. The third-order valence-corrected chi connectivity index (χ3v) is 4.53. The van der Waals surface area contributed by atoms with Gasteiger partial charge in [0.1, 0.15) is 0 Å². The van der Waals surface area contributed by atoms with E-state index in [-0.39, 0.29) is 6.67 Å². The van der Waals surface area contributed by atoms with Crippen molar-refractivity contribution >= 4 is 0 Å². The van der Waals surface area contributed by atoms with E-state index in [0.29, 0.717) is 0 Å². The van der Waals surface area contributed by atoms with Crippen LogP contribution in [0.5, 0.6) is 0 Å². The minimum atomic E-state index is -0.132. The Morgan fingerprint density at radius 2 is 1.04 bits per heavy atom. The molecule has 0 rings (SSSR count). The van der Waals surface area contributed by atoms with Crippen LogP contribution in [0.1, 0.15) is 110 Å². The average molecular weight is 325 g/mol. The highest BCUT2D eigenvalue weighted by Gasteiger charge is 1.95. The van der Waals surface area contributed by atoms with E-state index in [1.165, 1.54) is 89.0 Å². The first-order chi connectivity index (χ1) is 11.3. The number of hydrogen-bond acceptors (Lipinski definition) is 0. The Morgan fingerprint density at radius 1 is 0.652 bits per heavy atom. The fourth-order valence-electron chi connectivity index (χ4n) is 2.96. The minimum absolute atomic E-state index is 0.132. The zero-order valence-corrected chi connectivity index (χ0v) is 15.9. The van der Waals surface area contributed by atoms with Crippen LogP contribution in [0.3, 0.4) is 0 Å². The van der Waals surface area contributed by atoms with Crippen molar-refractivity contribution in [3.8, 4) is 0 Å². The second-order valence-corrected chi connectivity index (χ2v) is 6.93. The molecule has 0 nitrogen and oxygen atoms in total. The van der Waals surface area contributed by atoms with Crippen molar-refractivity contribution in [2.24, 2.45) is 0 Å². The molecular weight excluding hydrogens is 283 g/mol. The third-order valence-electron chi connectivity index (χ3n) is 4.53. The lowest BCUT2D eigenvalue weighted by molar-refractivity contribution is 0.448. The fraction of sp³-hybridized carbons (Fsp3) is 0.818. The zero-order valence-electron chi connectivity index (χ0n) is 15.9. The highest BCUT2D eigenvalue weighted by Crippen LogP contribution is 2.14. The molecule has 0 aromatic rings. The number of alkyl halides is 1. The molecule has 0 aliphatic heterocycles. The summed E-state index contributed by atoms with van der Waals surface area (Å²) < 4.78 is 11.9. The first kappa shape index (κ1) is 22.4. The molecule has 0 saturated carbocycles. The van der Waals surface area contributed by atoms with E-state index in [2.05, 4.69) is 32.1 Å². The van der Waals surface area contributed by atoms with E-state index in [1.807, 2.05) is 0 Å². The molecule has 0 fully saturated rings. The largest absolute Gasteiger partial charge is 0.251 e. The number of allylic oxidation sites excluding steroid dienone is 4. The quantitative estimate of drug-likeness (QED) is 0.186. The molecule has 0 aromatic carbocycles. The van der Waals surface area contributed by atoms with Crippen molar-refractivity contribution in [3.63, 3.8) is 0 Å². The van der Waals surface area contributed by atoms with Crippen molar-refractivity contribution in [1.82, 2.24) is 0 Å². The first-order valence-corrected chi connectivity index (χ1v) is 10.2. The molecule has 0 spiro atoms. The van der Waals surface area contributed by atoms with E-state index in [1.54, 1.807) is 0 Å². The molecule has 0 unspecified atom stereocenters. The topological polar surface area (TPSA) is 0 Å². The molecule has 0 bridgehead atoms. The minimum Gasteiger partial charge on any atom is -0.251 e. The number of hydrogen-bond donors (Lipinski definition) is 0. The third kappa shape index (κ3) is 19.4. The molecule has 23 heavy (non-hydrogen) atoms. The summed E-state index contributed by atoms with van der Waals surface area (Å²) in [5, 5.41) is 0. The van der Waals surface area contributed by atoms with Gasteiger partial charge in [0.25, 0.3) is 0 Å². The lowest BCUT2D eigenvalue weighted by Gasteiger charge is -2.03. The van der Waals surface area contributed by atoms with Crippen molar-refractivity contribution in [3.05, 3.63) is 23.8 Å². The van der Waals surface area contributed by atoms with Gasteiger partial charge in [0.2, 0.25) is 0 Å². The van der Waals surface area contributed by atoms with Crippen molar-refractivity contribution in [2.45, 2.75) is 110 Å². The van der Waals surface area contributed by atoms with Gasteiger partial charge in [-0.05, 0) is 33.1 Å². The molecule has 136 valence electrons. The van der Waals surface area contributed by atoms with Gasteiger partial charge >= 0.3 is 0 Å². The van der Waals surface area contributed by atoms with Crippen LogP contribution in [0.25, 0.3) is 0 Å². The van der Waals surface area contributed by atoms with Crippen LogP contribution in [0.2, 0.25) is 0 Å². The summed E-state index contributed by atoms with van der Waals surface area (Å²) >= 11 is 0. The van der Waals surface area contributed by atoms with Gasteiger partial charge in [-0.1, -0.05) is 101 Å². The highest BCUT2D eigenvalue weighted by molar-refractivity contribution is 5.09. The average Bonchev–Trinajstić information content (AvgIpc) is 2.56. The monoisotopic (exact) mass is 324 g/mol. The molecular formula is C22H41F. The fourth-order valence-corrected chi connectivity index (χ4v) is 2.96. The second kappa shape index (κ2) is 19.5. The van der Waals surface area contributed by atoms with Gasteiger partial charge in [0.05, 0.1) is 6.67 Å². The van der Waals surface area contributed by atoms with E-state index < -0.39 is 0 Å². The van der Waals surface area contributed by atoms with E-state index in [4.69, 9.17) is 0 Å². The van der Waals surface area contributed by atoms with Crippen molar-refractivity contribution in [1.29, 1.82) is 0 Å². The van der Waals surface area contributed by atoms with Gasteiger partial charge in [0, 0.05) is 0 Å². The van der Waals surface area contributed by atoms with Crippen molar-refractivity contribution < 1.29 is 4.39 Å². The maximum absolute atomic E-state index is 11.9. The molecule has 0 heterocycles. The van der Waals surface area contributed by atoms with Gasteiger partial charge in [-0.25, -0.2) is 0 Å². The Morgan fingerprint density at radius 3 is 1.43 bits per heavy atom. The summed E-state index contributed by atoms with van der Waals surface area (Å²) in [4.78, 5) is 0. The lowest BCUT2D eigenvalue weighted by Crippen LogP contribution is -1.84. The summed E-state index contributed by atoms with van der Waals surface area (Å²) in [7, 11) is 0. The molecule has 0 amide bonds. The number of halogens is 1. The molecule has 0 atom stereocenters. The standard InChI is InChI=1S/C22H41F/c1-3-4-19-22(2)20-17-15-13-11-9-7-5-6-8-10-12-14-16-18-21-23/h3-4,19H,5-18,20-21H2,1-2H3. The Labute approximate surface area is 145 Å². The Balaban J connectivity index is 3.11. The Hall–Kier alpha value is -0.590. The second-order valence-electron chi connectivity index (χ2n) is 6.93. The summed E-state index contributed by atoms with van der Waals surface area (Å²) in [6.07, 6.45) is 26.1. The van der Waals surface area contributed by atoms with Crippen LogP contribution >= 0.6 is 0 Å². The molecule has 0 saturated heterocycles. The molecule has 0 aliphatic rings. The van der Waals surface area contributed by atoms with Crippen LogP contribution < -0.4 is 0 Å². The van der Waals surface area contributed by atoms with Crippen LogP contribution in [-0.4, -0.2) is 6.67 Å². The Kier molecular flexibility index (Phi) is 19.0.